The van der Waals surface area contributed by atoms with E-state index >= 15 is 0 Å². The van der Waals surface area contributed by atoms with Gasteiger partial charge in [0.25, 0.3) is 0 Å². The SMILES string of the molecule is CCOC(=O)c1ccc2c(c1)[C@@H](N1CCSC1=NC#N)[C@H](O)C(C)(C)O2. The standard InChI is InChI=1S/C18H21N3O4S/c1-4-24-16(23)11-5-6-13-12(9-11)14(15(22)18(2,3)25-13)21-7-8-26-17(21)20-10-19/h5-6,9,14-15,22H,4,7-8H2,1-3H3/t14-,15+/m1/s1. The molecule has 138 valence electrons. The van der Waals surface area contributed by atoms with Crippen LogP contribution in [-0.2, 0) is 4.74 Å². The van der Waals surface area contributed by atoms with E-state index in [1.165, 1.54) is 11.8 Å². The van der Waals surface area contributed by atoms with Crippen LogP contribution in [0.3, 0.4) is 0 Å². The van der Waals surface area contributed by atoms with E-state index in [0.29, 0.717) is 28.6 Å². The van der Waals surface area contributed by atoms with Gasteiger partial charge in [0.05, 0.1) is 18.2 Å². The summed E-state index contributed by atoms with van der Waals surface area (Å²) < 4.78 is 11.1. The molecule has 0 radical (unpaired) electrons. The lowest BCUT2D eigenvalue weighted by Crippen LogP contribution is -2.53. The number of hydrogen-bond acceptors (Lipinski definition) is 7. The zero-order valence-electron chi connectivity index (χ0n) is 14.9. The quantitative estimate of drug-likeness (QED) is 0.640. The molecule has 2 heterocycles. The summed E-state index contributed by atoms with van der Waals surface area (Å²) in [6, 6.07) is 4.62. The first kappa shape index (κ1) is 18.5. The molecular formula is C18H21N3O4S. The summed E-state index contributed by atoms with van der Waals surface area (Å²) in [5.41, 5.74) is 0.265. The van der Waals surface area contributed by atoms with Gasteiger partial charge in [-0.2, -0.15) is 5.26 Å². The van der Waals surface area contributed by atoms with Gasteiger partial charge in [-0.3, -0.25) is 0 Å². The first-order valence-electron chi connectivity index (χ1n) is 8.43. The maximum Gasteiger partial charge on any atom is 0.338 e. The molecule has 2 aliphatic heterocycles. The number of nitrogens with zero attached hydrogens (tertiary/aromatic N) is 3. The van der Waals surface area contributed by atoms with Gasteiger partial charge >= 0.3 is 5.97 Å². The number of aliphatic hydroxyl groups is 1. The Morgan fingerprint density at radius 2 is 2.35 bits per heavy atom. The monoisotopic (exact) mass is 375 g/mol. The fraction of sp³-hybridized carbons (Fsp3) is 0.500. The molecule has 3 rings (SSSR count). The van der Waals surface area contributed by atoms with Crippen LogP contribution >= 0.6 is 11.8 Å². The topological polar surface area (TPSA) is 95.2 Å². The highest BCUT2D eigenvalue weighted by atomic mass is 32.2. The number of carbonyl (C=O) groups excluding carboxylic acids is 1. The zero-order valence-corrected chi connectivity index (χ0v) is 15.7. The molecule has 0 unspecified atom stereocenters. The van der Waals surface area contributed by atoms with Crippen molar-refractivity contribution in [3.8, 4) is 11.9 Å². The van der Waals surface area contributed by atoms with Crippen LogP contribution in [0.25, 0.3) is 0 Å². The van der Waals surface area contributed by atoms with E-state index < -0.39 is 23.7 Å². The number of benzene rings is 1. The minimum Gasteiger partial charge on any atom is -0.485 e. The predicted molar refractivity (Wildman–Crippen MR) is 98.1 cm³/mol. The van der Waals surface area contributed by atoms with Gasteiger partial charge in [0.15, 0.2) is 5.17 Å². The van der Waals surface area contributed by atoms with Crippen molar-refractivity contribution in [1.82, 2.24) is 4.90 Å². The van der Waals surface area contributed by atoms with E-state index in [1.807, 2.05) is 24.9 Å². The Balaban J connectivity index is 2.09. The molecule has 1 fully saturated rings. The first-order valence-corrected chi connectivity index (χ1v) is 9.42. The minimum atomic E-state index is -0.866. The number of rotatable bonds is 3. The summed E-state index contributed by atoms with van der Waals surface area (Å²) in [6.07, 6.45) is 0.957. The first-order chi connectivity index (χ1) is 12.4. The molecule has 0 bridgehead atoms. The van der Waals surface area contributed by atoms with Crippen LogP contribution in [0.4, 0.5) is 0 Å². The minimum absolute atomic E-state index is 0.285. The number of hydrogen-bond donors (Lipinski definition) is 1. The lowest BCUT2D eigenvalue weighted by molar-refractivity contribution is -0.0800. The second-order valence-electron chi connectivity index (χ2n) is 6.60. The Kier molecular flexibility index (Phi) is 5.12. The van der Waals surface area contributed by atoms with Crippen molar-refractivity contribution in [2.45, 2.75) is 38.5 Å². The normalized spacial score (nSPS) is 25.3. The van der Waals surface area contributed by atoms with Crippen LogP contribution in [0.2, 0.25) is 0 Å². The molecule has 0 spiro atoms. The number of carbonyl (C=O) groups is 1. The van der Waals surface area contributed by atoms with Crippen molar-refractivity contribution in [2.75, 3.05) is 18.9 Å². The van der Waals surface area contributed by atoms with Crippen LogP contribution in [0, 0.1) is 11.5 Å². The third kappa shape index (κ3) is 3.24. The molecule has 2 atom stereocenters. The van der Waals surface area contributed by atoms with Crippen LogP contribution in [0.5, 0.6) is 5.75 Å². The molecule has 0 amide bonds. The van der Waals surface area contributed by atoms with Gasteiger partial charge in [0.2, 0.25) is 6.19 Å². The highest BCUT2D eigenvalue weighted by molar-refractivity contribution is 8.14. The fourth-order valence-corrected chi connectivity index (χ4v) is 4.20. The van der Waals surface area contributed by atoms with E-state index in [9.17, 15) is 9.90 Å². The van der Waals surface area contributed by atoms with Crippen molar-refractivity contribution < 1.29 is 19.4 Å². The van der Waals surface area contributed by atoms with Gasteiger partial charge in [0, 0.05) is 17.9 Å². The van der Waals surface area contributed by atoms with Crippen molar-refractivity contribution >= 4 is 22.9 Å². The Morgan fingerprint density at radius 1 is 1.58 bits per heavy atom. The molecule has 1 N–H and O–H groups in total. The molecular weight excluding hydrogens is 354 g/mol. The summed E-state index contributed by atoms with van der Waals surface area (Å²) >= 11 is 1.47. The molecule has 0 saturated carbocycles. The van der Waals surface area contributed by atoms with Crippen molar-refractivity contribution in [3.05, 3.63) is 29.3 Å². The van der Waals surface area contributed by atoms with Gasteiger partial charge in [-0.1, -0.05) is 11.8 Å². The molecule has 1 saturated heterocycles. The summed E-state index contributed by atoms with van der Waals surface area (Å²) in [5.74, 6) is 0.958. The molecule has 0 aliphatic carbocycles. The number of aliphatic hydroxyl groups excluding tert-OH is 1. The molecule has 2 aliphatic rings. The molecule has 0 aromatic heterocycles. The Hall–Kier alpha value is -2.24. The third-order valence-corrected chi connectivity index (χ3v) is 5.49. The number of nitriles is 1. The number of thioether (sulfide) groups is 1. The highest BCUT2D eigenvalue weighted by Crippen LogP contribution is 2.45. The van der Waals surface area contributed by atoms with E-state index in [1.54, 1.807) is 25.1 Å². The lowest BCUT2D eigenvalue weighted by atomic mass is 9.85. The Labute approximate surface area is 156 Å². The number of amidine groups is 1. The zero-order chi connectivity index (χ0) is 18.9. The van der Waals surface area contributed by atoms with Crippen molar-refractivity contribution in [1.29, 1.82) is 5.26 Å². The number of fused-ring (bicyclic) bond motifs is 1. The van der Waals surface area contributed by atoms with Crippen LogP contribution < -0.4 is 4.74 Å². The second kappa shape index (κ2) is 7.17. The van der Waals surface area contributed by atoms with Gasteiger partial charge < -0.3 is 19.5 Å². The molecule has 1 aromatic carbocycles. The van der Waals surface area contributed by atoms with Gasteiger partial charge in [-0.05, 0) is 39.0 Å². The Morgan fingerprint density at radius 3 is 3.04 bits per heavy atom. The predicted octanol–water partition coefficient (Wildman–Crippen LogP) is 2.32. The van der Waals surface area contributed by atoms with Gasteiger partial charge in [-0.25, -0.2) is 4.79 Å². The largest absolute Gasteiger partial charge is 0.485 e. The maximum absolute atomic E-state index is 12.1. The average Bonchev–Trinajstić information content (AvgIpc) is 3.04. The van der Waals surface area contributed by atoms with E-state index in [-0.39, 0.29) is 6.61 Å². The van der Waals surface area contributed by atoms with Crippen molar-refractivity contribution in [2.24, 2.45) is 4.99 Å². The number of ether oxygens (including phenoxy) is 2. The fourth-order valence-electron chi connectivity index (χ4n) is 3.26. The van der Waals surface area contributed by atoms with Gasteiger partial charge in [0.1, 0.15) is 17.5 Å². The van der Waals surface area contributed by atoms with Crippen molar-refractivity contribution in [3.63, 3.8) is 0 Å². The van der Waals surface area contributed by atoms with E-state index in [4.69, 9.17) is 14.7 Å². The molecule has 7 nitrogen and oxygen atoms in total. The van der Waals surface area contributed by atoms with E-state index in [2.05, 4.69) is 4.99 Å². The Bertz CT molecular complexity index is 787. The van der Waals surface area contributed by atoms with E-state index in [0.717, 1.165) is 5.75 Å². The van der Waals surface area contributed by atoms with Crippen LogP contribution in [0.15, 0.2) is 23.2 Å². The average molecular weight is 375 g/mol. The molecule has 1 aromatic rings. The summed E-state index contributed by atoms with van der Waals surface area (Å²) in [6.45, 7) is 6.31. The second-order valence-corrected chi connectivity index (χ2v) is 7.67. The number of aliphatic imine (C=N–C) groups is 1. The summed E-state index contributed by atoms with van der Waals surface area (Å²) in [7, 11) is 0. The maximum atomic E-state index is 12.1. The summed E-state index contributed by atoms with van der Waals surface area (Å²) in [4.78, 5) is 17.9. The lowest BCUT2D eigenvalue weighted by Gasteiger charge is -2.45. The highest BCUT2D eigenvalue weighted by Gasteiger charge is 2.47. The van der Waals surface area contributed by atoms with Crippen LogP contribution in [0.1, 0.15) is 42.7 Å². The number of esters is 1. The summed E-state index contributed by atoms with van der Waals surface area (Å²) in [5, 5.41) is 20.5. The molecule has 8 heteroatoms. The third-order valence-electron chi connectivity index (χ3n) is 4.51. The smallest absolute Gasteiger partial charge is 0.338 e. The molecule has 26 heavy (non-hydrogen) atoms. The van der Waals surface area contributed by atoms with Gasteiger partial charge in [-0.15, -0.1) is 4.99 Å². The van der Waals surface area contributed by atoms with Crippen LogP contribution in [-0.4, -0.2) is 51.8 Å².